The molecule has 1 aliphatic heterocycles. The summed E-state index contributed by atoms with van der Waals surface area (Å²) in [6.45, 7) is 10.7. The van der Waals surface area contributed by atoms with Crippen LogP contribution in [0.5, 0.6) is 0 Å². The summed E-state index contributed by atoms with van der Waals surface area (Å²) in [6.07, 6.45) is 0. The van der Waals surface area contributed by atoms with Gasteiger partial charge in [-0.2, -0.15) is 0 Å². The number of aryl methyl sites for hydroxylation is 1. The first kappa shape index (κ1) is 14.5. The van der Waals surface area contributed by atoms with E-state index in [1.54, 1.807) is 7.11 Å². The highest BCUT2D eigenvalue weighted by Crippen LogP contribution is 2.36. The van der Waals surface area contributed by atoms with E-state index < -0.39 is 0 Å². The highest BCUT2D eigenvalue weighted by atomic mass is 16.7. The first-order chi connectivity index (χ1) is 8.75. The Morgan fingerprint density at radius 1 is 1.16 bits per heavy atom. The molecule has 0 bridgehead atoms. The fourth-order valence-electron chi connectivity index (χ4n) is 2.10. The minimum atomic E-state index is -0.345. The zero-order chi connectivity index (χ0) is 14.3. The number of rotatable bonds is 3. The Kier molecular flexibility index (Phi) is 3.73. The first-order valence-electron chi connectivity index (χ1n) is 6.57. The maximum atomic E-state index is 6.05. The molecule has 4 nitrogen and oxygen atoms in total. The molecule has 5 heteroatoms. The highest BCUT2D eigenvalue weighted by Gasteiger charge is 2.51. The summed E-state index contributed by atoms with van der Waals surface area (Å²) < 4.78 is 17.2. The summed E-state index contributed by atoms with van der Waals surface area (Å²) >= 11 is 0. The molecule has 0 aromatic carbocycles. The van der Waals surface area contributed by atoms with Gasteiger partial charge >= 0.3 is 7.12 Å². The smallest absolute Gasteiger partial charge is 0.399 e. The second-order valence-electron chi connectivity index (χ2n) is 6.05. The van der Waals surface area contributed by atoms with Crippen LogP contribution in [-0.2, 0) is 20.7 Å². The quantitative estimate of drug-likeness (QED) is 0.780. The van der Waals surface area contributed by atoms with Crippen molar-refractivity contribution >= 4 is 12.6 Å². The van der Waals surface area contributed by atoms with Crippen LogP contribution in [0.15, 0.2) is 12.1 Å². The molecule has 2 rings (SSSR count). The molecular weight excluding hydrogens is 241 g/mol. The molecular formula is C14H22BNO3. The van der Waals surface area contributed by atoms with Crippen molar-refractivity contribution in [2.45, 2.75) is 52.4 Å². The van der Waals surface area contributed by atoms with E-state index in [9.17, 15) is 0 Å². The van der Waals surface area contributed by atoms with Crippen LogP contribution in [0, 0.1) is 6.92 Å². The van der Waals surface area contributed by atoms with Crippen molar-refractivity contribution in [2.24, 2.45) is 0 Å². The van der Waals surface area contributed by atoms with E-state index in [2.05, 4.69) is 32.7 Å². The van der Waals surface area contributed by atoms with E-state index in [0.717, 1.165) is 16.9 Å². The lowest BCUT2D eigenvalue weighted by molar-refractivity contribution is 0.00578. The second kappa shape index (κ2) is 4.89. The first-order valence-corrected chi connectivity index (χ1v) is 6.57. The maximum absolute atomic E-state index is 6.05. The van der Waals surface area contributed by atoms with Crippen LogP contribution in [0.4, 0.5) is 0 Å². The second-order valence-corrected chi connectivity index (χ2v) is 6.05. The van der Waals surface area contributed by atoms with E-state index in [1.807, 2.05) is 19.1 Å². The van der Waals surface area contributed by atoms with Crippen molar-refractivity contribution in [3.63, 3.8) is 0 Å². The van der Waals surface area contributed by atoms with Crippen molar-refractivity contribution < 1.29 is 14.0 Å². The molecule has 0 aliphatic carbocycles. The lowest BCUT2D eigenvalue weighted by atomic mass is 9.79. The van der Waals surface area contributed by atoms with Gasteiger partial charge in [0.2, 0.25) is 0 Å². The molecule has 0 radical (unpaired) electrons. The Morgan fingerprint density at radius 2 is 1.74 bits per heavy atom. The van der Waals surface area contributed by atoms with Gasteiger partial charge in [-0.15, -0.1) is 0 Å². The lowest BCUT2D eigenvalue weighted by Gasteiger charge is -2.32. The fourth-order valence-corrected chi connectivity index (χ4v) is 2.10. The third-order valence-corrected chi connectivity index (χ3v) is 3.85. The highest BCUT2D eigenvalue weighted by molar-refractivity contribution is 6.62. The van der Waals surface area contributed by atoms with Gasteiger partial charge in [0.1, 0.15) is 0 Å². The maximum Gasteiger partial charge on any atom is 0.494 e. The van der Waals surface area contributed by atoms with Gasteiger partial charge < -0.3 is 14.0 Å². The summed E-state index contributed by atoms with van der Waals surface area (Å²) in [5, 5.41) is 0. The van der Waals surface area contributed by atoms with Gasteiger partial charge in [0.25, 0.3) is 0 Å². The molecule has 1 aromatic rings. The lowest BCUT2D eigenvalue weighted by Crippen LogP contribution is -2.41. The van der Waals surface area contributed by atoms with Crippen LogP contribution >= 0.6 is 0 Å². The third-order valence-electron chi connectivity index (χ3n) is 3.85. The zero-order valence-corrected chi connectivity index (χ0v) is 12.6. The Labute approximate surface area is 115 Å². The normalized spacial score (nSPS) is 20.8. The predicted octanol–water partition coefficient (Wildman–Crippen LogP) is 1.84. The molecule has 0 unspecified atom stereocenters. The van der Waals surface area contributed by atoms with Gasteiger partial charge in [-0.3, -0.25) is 4.98 Å². The number of ether oxygens (including phenoxy) is 1. The molecule has 0 N–H and O–H groups in total. The molecule has 1 aromatic heterocycles. The van der Waals surface area contributed by atoms with Crippen LogP contribution in [-0.4, -0.2) is 30.4 Å². The number of hydrogen-bond acceptors (Lipinski definition) is 4. The summed E-state index contributed by atoms with van der Waals surface area (Å²) in [5.74, 6) is 0. The number of nitrogens with zero attached hydrogens (tertiary/aromatic N) is 1. The van der Waals surface area contributed by atoms with Crippen molar-refractivity contribution in [1.29, 1.82) is 0 Å². The number of methoxy groups -OCH3 is 1. The molecule has 0 amide bonds. The van der Waals surface area contributed by atoms with Gasteiger partial charge in [0, 0.05) is 12.8 Å². The number of hydrogen-bond donors (Lipinski definition) is 0. The Hall–Kier alpha value is -0.905. The SMILES string of the molecule is COCc1cc(B2OC(C)(C)C(C)(C)O2)cc(C)n1. The molecule has 19 heavy (non-hydrogen) atoms. The minimum Gasteiger partial charge on any atom is -0.399 e. The fraction of sp³-hybridized carbons (Fsp3) is 0.643. The molecule has 0 saturated carbocycles. The average Bonchev–Trinajstić information content (AvgIpc) is 2.48. The Bertz CT molecular complexity index is 458. The zero-order valence-electron chi connectivity index (χ0n) is 12.6. The summed E-state index contributed by atoms with van der Waals surface area (Å²) in [5.41, 5.74) is 2.19. The van der Waals surface area contributed by atoms with Crippen molar-refractivity contribution in [2.75, 3.05) is 7.11 Å². The topological polar surface area (TPSA) is 40.6 Å². The van der Waals surface area contributed by atoms with E-state index in [4.69, 9.17) is 14.0 Å². The van der Waals surface area contributed by atoms with Crippen molar-refractivity contribution in [1.82, 2.24) is 4.98 Å². The molecule has 1 saturated heterocycles. The number of pyridine rings is 1. The largest absolute Gasteiger partial charge is 0.494 e. The van der Waals surface area contributed by atoms with Crippen LogP contribution in [0.1, 0.15) is 39.1 Å². The molecule has 0 atom stereocenters. The summed E-state index contributed by atoms with van der Waals surface area (Å²) in [6, 6.07) is 3.99. The van der Waals surface area contributed by atoms with Gasteiger partial charge in [-0.05, 0) is 52.2 Å². The van der Waals surface area contributed by atoms with E-state index >= 15 is 0 Å². The summed E-state index contributed by atoms with van der Waals surface area (Å²) in [7, 11) is 1.32. The predicted molar refractivity (Wildman–Crippen MR) is 75.4 cm³/mol. The van der Waals surface area contributed by atoms with E-state index in [0.29, 0.717) is 6.61 Å². The van der Waals surface area contributed by atoms with Crippen molar-refractivity contribution in [3.05, 3.63) is 23.5 Å². The van der Waals surface area contributed by atoms with Gasteiger partial charge in [0.05, 0.1) is 23.5 Å². The number of aromatic nitrogens is 1. The Balaban J connectivity index is 2.29. The Morgan fingerprint density at radius 3 is 2.26 bits per heavy atom. The van der Waals surface area contributed by atoms with E-state index in [-0.39, 0.29) is 18.3 Å². The van der Waals surface area contributed by atoms with Crippen LogP contribution < -0.4 is 5.46 Å². The minimum absolute atomic E-state index is 0.323. The van der Waals surface area contributed by atoms with Crippen molar-refractivity contribution in [3.8, 4) is 0 Å². The molecule has 104 valence electrons. The standard InChI is InChI=1S/C14H22BNO3/c1-10-7-11(8-12(16-10)9-17-6)15-18-13(2,3)14(4,5)19-15/h7-8H,9H2,1-6H3. The van der Waals surface area contributed by atoms with E-state index in [1.165, 1.54) is 0 Å². The van der Waals surface area contributed by atoms with Crippen LogP contribution in [0.25, 0.3) is 0 Å². The molecule has 1 aliphatic rings. The monoisotopic (exact) mass is 263 g/mol. The van der Waals surface area contributed by atoms with Gasteiger partial charge in [0.15, 0.2) is 0 Å². The third kappa shape index (κ3) is 2.83. The molecule has 1 fully saturated rings. The molecule has 2 heterocycles. The average molecular weight is 263 g/mol. The van der Waals surface area contributed by atoms with Crippen LogP contribution in [0.2, 0.25) is 0 Å². The van der Waals surface area contributed by atoms with Gasteiger partial charge in [-0.1, -0.05) is 0 Å². The summed E-state index contributed by atoms with van der Waals surface area (Å²) in [4.78, 5) is 4.43. The van der Waals surface area contributed by atoms with Gasteiger partial charge in [-0.25, -0.2) is 0 Å². The van der Waals surface area contributed by atoms with Crippen LogP contribution in [0.3, 0.4) is 0 Å². The molecule has 0 spiro atoms.